The summed E-state index contributed by atoms with van der Waals surface area (Å²) in [5, 5.41) is 1.94. The van der Waals surface area contributed by atoms with Gasteiger partial charge in [-0.3, -0.25) is 0 Å². The summed E-state index contributed by atoms with van der Waals surface area (Å²) in [6.07, 6.45) is 1.83. The van der Waals surface area contributed by atoms with Crippen LogP contribution in [0.4, 0.5) is 0 Å². The van der Waals surface area contributed by atoms with E-state index in [1.165, 1.54) is 11.3 Å². The lowest BCUT2D eigenvalue weighted by Gasteiger charge is -2.06. The van der Waals surface area contributed by atoms with Crippen molar-refractivity contribution in [2.45, 2.75) is 6.92 Å². The molecule has 0 bridgehead atoms. The molecular weight excluding hydrogens is 272 g/mol. The largest absolute Gasteiger partial charge is 0.497 e. The zero-order valence-corrected chi connectivity index (χ0v) is 12.3. The Hall–Kier alpha value is -2.07. The number of carbonyl (C=O) groups is 1. The van der Waals surface area contributed by atoms with E-state index in [0.717, 1.165) is 16.2 Å². The molecule has 0 fully saturated rings. The van der Waals surface area contributed by atoms with Gasteiger partial charge in [0.25, 0.3) is 0 Å². The summed E-state index contributed by atoms with van der Waals surface area (Å²) in [5.74, 6) is 0.450. The number of hydrogen-bond acceptors (Lipinski definition) is 4. The van der Waals surface area contributed by atoms with Crippen molar-refractivity contribution in [3.8, 4) is 5.75 Å². The number of esters is 1. The van der Waals surface area contributed by atoms with Crippen LogP contribution in [0, 0.1) is 0 Å². The highest BCUT2D eigenvalue weighted by Crippen LogP contribution is 2.25. The fourth-order valence-electron chi connectivity index (χ4n) is 1.77. The number of thiophene rings is 1. The smallest absolute Gasteiger partial charge is 0.339 e. The maximum atomic E-state index is 12.1. The van der Waals surface area contributed by atoms with Crippen molar-refractivity contribution in [3.63, 3.8) is 0 Å². The van der Waals surface area contributed by atoms with Crippen LogP contribution in [0.2, 0.25) is 0 Å². The van der Waals surface area contributed by atoms with Crippen LogP contribution in [0.5, 0.6) is 5.75 Å². The second-order valence-corrected chi connectivity index (χ2v) is 4.98. The third kappa shape index (κ3) is 3.48. The van der Waals surface area contributed by atoms with Gasteiger partial charge < -0.3 is 9.47 Å². The number of carbonyl (C=O) groups excluding carboxylic acids is 1. The molecule has 1 aromatic carbocycles. The summed E-state index contributed by atoms with van der Waals surface area (Å²) in [7, 11) is 1.62. The predicted octanol–water partition coefficient (Wildman–Crippen LogP) is 3.86. The molecule has 4 heteroatoms. The van der Waals surface area contributed by atoms with Crippen LogP contribution in [-0.2, 0) is 9.53 Å². The fraction of sp³-hybridized carbons (Fsp3) is 0.188. The number of ether oxygens (including phenoxy) is 2. The van der Waals surface area contributed by atoms with E-state index in [4.69, 9.17) is 9.47 Å². The van der Waals surface area contributed by atoms with E-state index in [-0.39, 0.29) is 5.97 Å². The first-order valence-electron chi connectivity index (χ1n) is 6.31. The molecule has 0 spiro atoms. The van der Waals surface area contributed by atoms with Gasteiger partial charge in [0.2, 0.25) is 0 Å². The Labute approximate surface area is 122 Å². The molecule has 0 aliphatic heterocycles. The lowest BCUT2D eigenvalue weighted by molar-refractivity contribution is -0.136. The van der Waals surface area contributed by atoms with Gasteiger partial charge in [-0.2, -0.15) is 0 Å². The average Bonchev–Trinajstić information content (AvgIpc) is 2.99. The summed E-state index contributed by atoms with van der Waals surface area (Å²) < 4.78 is 10.3. The Bertz CT molecular complexity index is 600. The topological polar surface area (TPSA) is 35.5 Å². The SMILES string of the molecule is CCOC(=O)/C(=C\c1cccc(OC)c1)c1cccs1. The maximum absolute atomic E-state index is 12.1. The van der Waals surface area contributed by atoms with Gasteiger partial charge in [-0.1, -0.05) is 18.2 Å². The van der Waals surface area contributed by atoms with Crippen LogP contribution in [0.25, 0.3) is 11.6 Å². The van der Waals surface area contributed by atoms with E-state index >= 15 is 0 Å². The van der Waals surface area contributed by atoms with Crippen molar-refractivity contribution in [1.29, 1.82) is 0 Å². The Balaban J connectivity index is 2.39. The minimum Gasteiger partial charge on any atom is -0.497 e. The molecule has 0 N–H and O–H groups in total. The molecule has 0 amide bonds. The normalized spacial score (nSPS) is 11.2. The van der Waals surface area contributed by atoms with Crippen LogP contribution in [-0.4, -0.2) is 19.7 Å². The Kier molecular flexibility index (Phi) is 4.96. The van der Waals surface area contributed by atoms with Crippen LogP contribution in [0.3, 0.4) is 0 Å². The van der Waals surface area contributed by atoms with E-state index in [9.17, 15) is 4.79 Å². The molecule has 20 heavy (non-hydrogen) atoms. The molecule has 1 heterocycles. The number of benzene rings is 1. The third-order valence-electron chi connectivity index (χ3n) is 2.69. The zero-order chi connectivity index (χ0) is 14.4. The maximum Gasteiger partial charge on any atom is 0.339 e. The number of methoxy groups -OCH3 is 1. The molecule has 2 aromatic rings. The van der Waals surface area contributed by atoms with Crippen molar-refractivity contribution in [3.05, 3.63) is 52.2 Å². The molecular formula is C16H16O3S. The molecule has 0 unspecified atom stereocenters. The van der Waals surface area contributed by atoms with E-state index in [1.54, 1.807) is 14.0 Å². The van der Waals surface area contributed by atoms with Gasteiger partial charge in [-0.15, -0.1) is 11.3 Å². The lowest BCUT2D eigenvalue weighted by Crippen LogP contribution is -2.05. The van der Waals surface area contributed by atoms with Crippen LogP contribution in [0.1, 0.15) is 17.4 Å². The predicted molar refractivity (Wildman–Crippen MR) is 81.8 cm³/mol. The van der Waals surface area contributed by atoms with Gasteiger partial charge in [0, 0.05) is 4.88 Å². The number of hydrogen-bond donors (Lipinski definition) is 0. The van der Waals surface area contributed by atoms with E-state index in [0.29, 0.717) is 12.2 Å². The minimum atomic E-state index is -0.308. The first kappa shape index (κ1) is 14.3. The molecule has 0 aliphatic carbocycles. The molecule has 3 nitrogen and oxygen atoms in total. The van der Waals surface area contributed by atoms with Crippen molar-refractivity contribution >= 4 is 29.0 Å². The molecule has 0 radical (unpaired) electrons. The van der Waals surface area contributed by atoms with Crippen LogP contribution < -0.4 is 4.74 Å². The van der Waals surface area contributed by atoms with E-state index < -0.39 is 0 Å². The van der Waals surface area contributed by atoms with Crippen molar-refractivity contribution in [1.82, 2.24) is 0 Å². The first-order valence-corrected chi connectivity index (χ1v) is 7.19. The minimum absolute atomic E-state index is 0.308. The third-order valence-corrected chi connectivity index (χ3v) is 3.59. The Morgan fingerprint density at radius 3 is 2.80 bits per heavy atom. The molecule has 2 rings (SSSR count). The van der Waals surface area contributed by atoms with Crippen molar-refractivity contribution < 1.29 is 14.3 Å². The van der Waals surface area contributed by atoms with Crippen LogP contribution in [0.15, 0.2) is 41.8 Å². The van der Waals surface area contributed by atoms with E-state index in [2.05, 4.69) is 0 Å². The molecule has 0 saturated heterocycles. The summed E-state index contributed by atoms with van der Waals surface area (Å²) >= 11 is 1.51. The van der Waals surface area contributed by atoms with Gasteiger partial charge in [-0.25, -0.2) is 4.79 Å². The molecule has 0 atom stereocenters. The Morgan fingerprint density at radius 2 is 2.15 bits per heavy atom. The van der Waals surface area contributed by atoms with Gasteiger partial charge in [0.1, 0.15) is 5.75 Å². The summed E-state index contributed by atoms with van der Waals surface area (Å²) in [5.41, 5.74) is 1.47. The first-order chi connectivity index (χ1) is 9.74. The lowest BCUT2D eigenvalue weighted by atomic mass is 10.1. The van der Waals surface area contributed by atoms with Gasteiger partial charge >= 0.3 is 5.97 Å². The highest BCUT2D eigenvalue weighted by Gasteiger charge is 2.14. The van der Waals surface area contributed by atoms with Gasteiger partial charge in [-0.05, 0) is 42.1 Å². The Morgan fingerprint density at radius 1 is 1.30 bits per heavy atom. The highest BCUT2D eigenvalue weighted by molar-refractivity contribution is 7.11. The zero-order valence-electron chi connectivity index (χ0n) is 11.5. The van der Waals surface area contributed by atoms with Gasteiger partial charge in [0.15, 0.2) is 0 Å². The van der Waals surface area contributed by atoms with Crippen LogP contribution >= 0.6 is 11.3 Å². The quantitative estimate of drug-likeness (QED) is 0.619. The standard InChI is InChI=1S/C16H16O3S/c1-3-19-16(17)14(15-8-5-9-20-15)11-12-6-4-7-13(10-12)18-2/h4-11H,3H2,1-2H3/b14-11-. The monoisotopic (exact) mass is 288 g/mol. The summed E-state index contributed by atoms with van der Waals surface area (Å²) in [4.78, 5) is 13.0. The number of rotatable bonds is 5. The molecule has 104 valence electrons. The highest BCUT2D eigenvalue weighted by atomic mass is 32.1. The van der Waals surface area contributed by atoms with Crippen molar-refractivity contribution in [2.75, 3.05) is 13.7 Å². The summed E-state index contributed by atoms with van der Waals surface area (Å²) in [6.45, 7) is 2.16. The fourth-order valence-corrected chi connectivity index (χ4v) is 2.50. The molecule has 1 aromatic heterocycles. The average molecular weight is 288 g/mol. The second kappa shape index (κ2) is 6.91. The summed E-state index contributed by atoms with van der Waals surface area (Å²) in [6, 6.07) is 11.4. The van der Waals surface area contributed by atoms with Gasteiger partial charge in [0.05, 0.1) is 19.3 Å². The molecule has 0 saturated carbocycles. The van der Waals surface area contributed by atoms with E-state index in [1.807, 2.05) is 47.9 Å². The molecule has 0 aliphatic rings. The second-order valence-electron chi connectivity index (χ2n) is 4.03. The van der Waals surface area contributed by atoms with Crippen molar-refractivity contribution in [2.24, 2.45) is 0 Å².